The van der Waals surface area contributed by atoms with Gasteiger partial charge >= 0.3 is 5.97 Å². The van der Waals surface area contributed by atoms with E-state index in [9.17, 15) is 4.79 Å². The topological polar surface area (TPSA) is 69.9 Å². The zero-order valence-corrected chi connectivity index (χ0v) is 9.62. The van der Waals surface area contributed by atoms with Crippen LogP contribution in [0.15, 0.2) is 24.5 Å². The summed E-state index contributed by atoms with van der Waals surface area (Å²) in [6, 6.07) is 3.61. The smallest absolute Gasteiger partial charge is 0.378 e. The molecule has 17 heavy (non-hydrogen) atoms. The Balaban J connectivity index is 2.35. The molecular weight excluding hydrogens is 220 g/mol. The zero-order valence-electron chi connectivity index (χ0n) is 9.62. The van der Waals surface area contributed by atoms with Gasteiger partial charge in [0.1, 0.15) is 0 Å². The van der Waals surface area contributed by atoms with Gasteiger partial charge in [0, 0.05) is 25.0 Å². The standard InChI is InChI=1S/C11H12N4O2/c1-3-17-11(16)9-13-10(15(2)14-9)8-4-6-12-7-5-8/h4-7H,3H2,1-2H3. The van der Waals surface area contributed by atoms with Gasteiger partial charge in [0.15, 0.2) is 5.82 Å². The third-order valence-corrected chi connectivity index (χ3v) is 2.16. The van der Waals surface area contributed by atoms with E-state index in [1.165, 1.54) is 0 Å². The highest BCUT2D eigenvalue weighted by Crippen LogP contribution is 2.15. The van der Waals surface area contributed by atoms with Crippen LogP contribution in [0.2, 0.25) is 0 Å². The highest BCUT2D eigenvalue weighted by Gasteiger charge is 2.16. The molecule has 0 aliphatic carbocycles. The molecular formula is C11H12N4O2. The van der Waals surface area contributed by atoms with Gasteiger partial charge in [0.2, 0.25) is 0 Å². The van der Waals surface area contributed by atoms with Gasteiger partial charge in [-0.05, 0) is 19.1 Å². The second-order valence-electron chi connectivity index (χ2n) is 3.34. The van der Waals surface area contributed by atoms with Crippen LogP contribution in [0.1, 0.15) is 17.5 Å². The SMILES string of the molecule is CCOC(=O)c1nc(-c2ccncc2)n(C)n1. The highest BCUT2D eigenvalue weighted by atomic mass is 16.5. The summed E-state index contributed by atoms with van der Waals surface area (Å²) in [6.45, 7) is 2.05. The number of rotatable bonds is 3. The fraction of sp³-hybridized carbons (Fsp3) is 0.273. The summed E-state index contributed by atoms with van der Waals surface area (Å²) in [5.41, 5.74) is 0.852. The average molecular weight is 232 g/mol. The predicted octanol–water partition coefficient (Wildman–Crippen LogP) is 1.05. The summed E-state index contributed by atoms with van der Waals surface area (Å²) >= 11 is 0. The number of hydrogen-bond donors (Lipinski definition) is 0. The van der Waals surface area contributed by atoms with Crippen LogP contribution in [0.25, 0.3) is 11.4 Å². The Morgan fingerprint density at radius 2 is 2.12 bits per heavy atom. The minimum atomic E-state index is -0.511. The molecule has 2 heterocycles. The minimum Gasteiger partial charge on any atom is -0.460 e. The normalized spacial score (nSPS) is 10.2. The van der Waals surface area contributed by atoms with Crippen molar-refractivity contribution in [1.82, 2.24) is 19.7 Å². The first-order valence-electron chi connectivity index (χ1n) is 5.21. The van der Waals surface area contributed by atoms with E-state index in [-0.39, 0.29) is 5.82 Å². The van der Waals surface area contributed by atoms with Crippen molar-refractivity contribution in [2.75, 3.05) is 6.61 Å². The molecule has 0 atom stereocenters. The van der Waals surface area contributed by atoms with E-state index < -0.39 is 5.97 Å². The van der Waals surface area contributed by atoms with Crippen molar-refractivity contribution in [3.63, 3.8) is 0 Å². The van der Waals surface area contributed by atoms with Crippen LogP contribution in [-0.4, -0.2) is 32.3 Å². The van der Waals surface area contributed by atoms with Crippen molar-refractivity contribution in [2.24, 2.45) is 7.05 Å². The van der Waals surface area contributed by atoms with E-state index in [2.05, 4.69) is 15.1 Å². The first-order chi connectivity index (χ1) is 8.22. The van der Waals surface area contributed by atoms with E-state index in [1.54, 1.807) is 43.2 Å². The second-order valence-corrected chi connectivity index (χ2v) is 3.34. The molecule has 0 saturated heterocycles. The van der Waals surface area contributed by atoms with Gasteiger partial charge in [-0.15, -0.1) is 5.10 Å². The Labute approximate surface area is 98.3 Å². The molecule has 0 unspecified atom stereocenters. The molecule has 0 aliphatic rings. The lowest BCUT2D eigenvalue weighted by molar-refractivity contribution is 0.0512. The zero-order chi connectivity index (χ0) is 12.3. The largest absolute Gasteiger partial charge is 0.460 e. The third kappa shape index (κ3) is 2.30. The summed E-state index contributed by atoms with van der Waals surface area (Å²) in [5.74, 6) is 0.167. The minimum absolute atomic E-state index is 0.0705. The van der Waals surface area contributed by atoms with Crippen molar-refractivity contribution in [3.8, 4) is 11.4 Å². The molecule has 0 fully saturated rings. The lowest BCUT2D eigenvalue weighted by Gasteiger charge is -1.97. The number of hydrogen-bond acceptors (Lipinski definition) is 5. The maximum atomic E-state index is 11.5. The molecule has 0 spiro atoms. The molecule has 0 aliphatic heterocycles. The van der Waals surface area contributed by atoms with E-state index >= 15 is 0 Å². The monoisotopic (exact) mass is 232 g/mol. The molecule has 0 bridgehead atoms. The summed E-state index contributed by atoms with van der Waals surface area (Å²) in [5, 5.41) is 4.02. The van der Waals surface area contributed by atoms with Crippen LogP contribution in [-0.2, 0) is 11.8 Å². The first-order valence-corrected chi connectivity index (χ1v) is 5.21. The lowest BCUT2D eigenvalue weighted by Crippen LogP contribution is -2.07. The Kier molecular flexibility index (Phi) is 3.13. The molecule has 88 valence electrons. The lowest BCUT2D eigenvalue weighted by atomic mass is 10.2. The van der Waals surface area contributed by atoms with Crippen molar-refractivity contribution < 1.29 is 9.53 Å². The first kappa shape index (κ1) is 11.3. The van der Waals surface area contributed by atoms with Crippen molar-refractivity contribution in [3.05, 3.63) is 30.4 Å². The summed E-state index contributed by atoms with van der Waals surface area (Å²) in [4.78, 5) is 19.5. The number of carbonyl (C=O) groups excluding carboxylic acids is 1. The molecule has 2 aromatic rings. The number of aryl methyl sites for hydroxylation is 1. The van der Waals surface area contributed by atoms with Gasteiger partial charge in [0.25, 0.3) is 5.82 Å². The summed E-state index contributed by atoms with van der Waals surface area (Å²) in [6.07, 6.45) is 3.32. The van der Waals surface area contributed by atoms with Crippen molar-refractivity contribution in [1.29, 1.82) is 0 Å². The number of pyridine rings is 1. The van der Waals surface area contributed by atoms with E-state index in [1.807, 2.05) is 0 Å². The number of nitrogens with zero attached hydrogens (tertiary/aromatic N) is 4. The fourth-order valence-corrected chi connectivity index (χ4v) is 1.42. The third-order valence-electron chi connectivity index (χ3n) is 2.16. The van der Waals surface area contributed by atoms with Gasteiger partial charge < -0.3 is 4.74 Å². The van der Waals surface area contributed by atoms with Gasteiger partial charge in [-0.2, -0.15) is 0 Å². The number of esters is 1. The quantitative estimate of drug-likeness (QED) is 0.740. The van der Waals surface area contributed by atoms with Crippen LogP contribution in [0.4, 0.5) is 0 Å². The van der Waals surface area contributed by atoms with Crippen LogP contribution in [0.3, 0.4) is 0 Å². The molecule has 2 aromatic heterocycles. The highest BCUT2D eigenvalue weighted by molar-refractivity contribution is 5.85. The van der Waals surface area contributed by atoms with Crippen LogP contribution >= 0.6 is 0 Å². The number of ether oxygens (including phenoxy) is 1. The number of aromatic nitrogens is 4. The van der Waals surface area contributed by atoms with Crippen molar-refractivity contribution >= 4 is 5.97 Å². The molecule has 6 nitrogen and oxygen atoms in total. The van der Waals surface area contributed by atoms with Crippen molar-refractivity contribution in [2.45, 2.75) is 6.92 Å². The number of carbonyl (C=O) groups is 1. The average Bonchev–Trinajstić information content (AvgIpc) is 2.73. The molecule has 0 radical (unpaired) electrons. The maximum Gasteiger partial charge on any atom is 0.378 e. The fourth-order valence-electron chi connectivity index (χ4n) is 1.42. The van der Waals surface area contributed by atoms with Gasteiger partial charge in [0.05, 0.1) is 6.61 Å². The van der Waals surface area contributed by atoms with Gasteiger partial charge in [-0.25, -0.2) is 14.5 Å². The Morgan fingerprint density at radius 1 is 1.41 bits per heavy atom. The van der Waals surface area contributed by atoms with E-state index in [4.69, 9.17) is 4.74 Å². The van der Waals surface area contributed by atoms with E-state index in [0.29, 0.717) is 12.4 Å². The van der Waals surface area contributed by atoms with Gasteiger partial charge in [-0.3, -0.25) is 4.98 Å². The summed E-state index contributed by atoms with van der Waals surface area (Å²) < 4.78 is 6.39. The molecule has 0 N–H and O–H groups in total. The van der Waals surface area contributed by atoms with Gasteiger partial charge in [-0.1, -0.05) is 0 Å². The predicted molar refractivity (Wildman–Crippen MR) is 60.2 cm³/mol. The molecule has 2 rings (SSSR count). The Morgan fingerprint density at radius 3 is 2.76 bits per heavy atom. The maximum absolute atomic E-state index is 11.5. The molecule has 6 heteroatoms. The molecule has 0 saturated carbocycles. The Bertz CT molecular complexity index is 522. The summed E-state index contributed by atoms with van der Waals surface area (Å²) in [7, 11) is 1.73. The van der Waals surface area contributed by atoms with E-state index in [0.717, 1.165) is 5.56 Å². The van der Waals surface area contributed by atoms with Crippen LogP contribution in [0.5, 0.6) is 0 Å². The Hall–Kier alpha value is -2.24. The molecule has 0 aromatic carbocycles. The molecule has 0 amide bonds. The van der Waals surface area contributed by atoms with Crippen LogP contribution < -0.4 is 0 Å². The van der Waals surface area contributed by atoms with Crippen LogP contribution in [0, 0.1) is 0 Å². The second kappa shape index (κ2) is 4.73.